The molecule has 0 unspecified atom stereocenters. The van der Waals surface area contributed by atoms with Gasteiger partial charge in [-0.05, 0) is 37.3 Å². The Morgan fingerprint density at radius 3 is 2.75 bits per heavy atom. The second kappa shape index (κ2) is 7.85. The van der Waals surface area contributed by atoms with Crippen molar-refractivity contribution < 1.29 is 4.74 Å². The van der Waals surface area contributed by atoms with E-state index in [0.29, 0.717) is 18.5 Å². The Bertz CT molecular complexity index is 897. The number of thioether (sulfide) groups is 1. The molecule has 0 aliphatic heterocycles. The third-order valence-electron chi connectivity index (χ3n) is 3.52. The van der Waals surface area contributed by atoms with Crippen LogP contribution in [-0.4, -0.2) is 21.9 Å². The first kappa shape index (κ1) is 17.0. The van der Waals surface area contributed by atoms with Crippen LogP contribution in [-0.2, 0) is 6.54 Å². The molecule has 0 aliphatic carbocycles. The number of nitrogens with zero attached hydrogens (tertiary/aromatic N) is 2. The lowest BCUT2D eigenvalue weighted by Gasteiger charge is -2.11. The Morgan fingerprint density at radius 2 is 2.00 bits per heavy atom. The number of hydrogen-bond acceptors (Lipinski definition) is 4. The van der Waals surface area contributed by atoms with Crippen LogP contribution in [0.5, 0.6) is 5.75 Å². The minimum absolute atomic E-state index is 0.00437. The minimum atomic E-state index is -0.00437. The predicted molar refractivity (Wildman–Crippen MR) is 102 cm³/mol. The molecule has 1 heterocycles. The molecule has 0 N–H and O–H groups in total. The van der Waals surface area contributed by atoms with Crippen LogP contribution < -0.4 is 10.3 Å². The van der Waals surface area contributed by atoms with E-state index >= 15 is 0 Å². The number of benzene rings is 2. The lowest BCUT2D eigenvalue weighted by Crippen LogP contribution is -2.22. The summed E-state index contributed by atoms with van der Waals surface area (Å²) in [5.74, 6) is 1.57. The molecule has 0 spiro atoms. The first-order valence-electron chi connectivity index (χ1n) is 7.70. The molecule has 124 valence electrons. The molecular weight excluding hydrogens is 388 g/mol. The van der Waals surface area contributed by atoms with Gasteiger partial charge in [0.2, 0.25) is 0 Å². The Kier molecular flexibility index (Phi) is 5.58. The van der Waals surface area contributed by atoms with Crippen molar-refractivity contribution in [1.82, 2.24) is 9.55 Å². The van der Waals surface area contributed by atoms with Crippen LogP contribution in [0.25, 0.3) is 10.9 Å². The lowest BCUT2D eigenvalue weighted by molar-refractivity contribution is 0.344. The molecule has 4 nitrogen and oxygen atoms in total. The van der Waals surface area contributed by atoms with E-state index in [-0.39, 0.29) is 5.56 Å². The van der Waals surface area contributed by atoms with Gasteiger partial charge in [-0.3, -0.25) is 9.36 Å². The number of aromatic nitrogens is 2. The van der Waals surface area contributed by atoms with E-state index in [1.165, 1.54) is 11.8 Å². The molecule has 6 heteroatoms. The van der Waals surface area contributed by atoms with Crippen molar-refractivity contribution in [1.29, 1.82) is 0 Å². The molecule has 0 saturated heterocycles. The van der Waals surface area contributed by atoms with Gasteiger partial charge in [-0.15, -0.1) is 0 Å². The van der Waals surface area contributed by atoms with Crippen molar-refractivity contribution in [2.45, 2.75) is 18.6 Å². The first-order valence-corrected chi connectivity index (χ1v) is 9.47. The normalized spacial score (nSPS) is 10.9. The minimum Gasteiger partial charge on any atom is -0.493 e. The van der Waals surface area contributed by atoms with E-state index in [4.69, 9.17) is 4.74 Å². The fourth-order valence-electron chi connectivity index (χ4n) is 2.37. The van der Waals surface area contributed by atoms with Crippen molar-refractivity contribution in [3.8, 4) is 5.75 Å². The van der Waals surface area contributed by atoms with Gasteiger partial charge in [0, 0.05) is 16.8 Å². The fourth-order valence-corrected chi connectivity index (χ4v) is 3.61. The van der Waals surface area contributed by atoms with Crippen LogP contribution in [0.4, 0.5) is 0 Å². The third kappa shape index (κ3) is 3.82. The number of hydrogen-bond donors (Lipinski definition) is 0. The molecule has 0 atom stereocenters. The number of fused-ring (bicyclic) bond motifs is 1. The molecule has 3 rings (SSSR count). The van der Waals surface area contributed by atoms with Crippen molar-refractivity contribution in [2.24, 2.45) is 0 Å². The lowest BCUT2D eigenvalue weighted by atomic mass is 10.2. The van der Waals surface area contributed by atoms with Crippen LogP contribution in [0.3, 0.4) is 0 Å². The van der Waals surface area contributed by atoms with E-state index in [1.807, 2.05) is 55.5 Å². The Hall–Kier alpha value is -1.79. The maximum atomic E-state index is 12.6. The van der Waals surface area contributed by atoms with Crippen LogP contribution >= 0.6 is 27.7 Å². The zero-order valence-corrected chi connectivity index (χ0v) is 15.6. The standard InChI is InChI=1S/C18H17BrN2O2S/c1-2-21-17(22)15-12-13(19)8-9-16(15)20-18(21)24-11-10-23-14-6-4-3-5-7-14/h3-9,12H,2,10-11H2,1H3. The zero-order valence-electron chi connectivity index (χ0n) is 13.2. The summed E-state index contributed by atoms with van der Waals surface area (Å²) >= 11 is 4.95. The van der Waals surface area contributed by atoms with Gasteiger partial charge in [0.25, 0.3) is 5.56 Å². The van der Waals surface area contributed by atoms with Gasteiger partial charge >= 0.3 is 0 Å². The average Bonchev–Trinajstić information content (AvgIpc) is 2.60. The van der Waals surface area contributed by atoms with Gasteiger partial charge in [0.15, 0.2) is 5.16 Å². The molecule has 1 aromatic heterocycles. The Labute approximate surface area is 153 Å². The summed E-state index contributed by atoms with van der Waals surface area (Å²) in [4.78, 5) is 17.3. The largest absolute Gasteiger partial charge is 0.493 e. The van der Waals surface area contributed by atoms with Crippen molar-refractivity contribution in [3.05, 3.63) is 63.4 Å². The fraction of sp³-hybridized carbons (Fsp3) is 0.222. The first-order chi connectivity index (χ1) is 11.7. The van der Waals surface area contributed by atoms with Gasteiger partial charge in [0.05, 0.1) is 17.5 Å². The number of halogens is 1. The molecule has 2 aromatic carbocycles. The zero-order chi connectivity index (χ0) is 16.9. The molecule has 0 fully saturated rings. The summed E-state index contributed by atoms with van der Waals surface area (Å²) in [6, 6.07) is 15.3. The van der Waals surface area contributed by atoms with Crippen LogP contribution in [0.2, 0.25) is 0 Å². The number of rotatable bonds is 6. The van der Waals surface area contributed by atoms with Crippen molar-refractivity contribution in [2.75, 3.05) is 12.4 Å². The average molecular weight is 405 g/mol. The van der Waals surface area contributed by atoms with Gasteiger partial charge in [-0.1, -0.05) is 45.9 Å². The molecular formula is C18H17BrN2O2S. The van der Waals surface area contributed by atoms with Gasteiger partial charge in [-0.25, -0.2) is 4.98 Å². The maximum absolute atomic E-state index is 12.6. The van der Waals surface area contributed by atoms with E-state index in [1.54, 1.807) is 4.57 Å². The monoisotopic (exact) mass is 404 g/mol. The SMILES string of the molecule is CCn1c(SCCOc2ccccc2)nc2ccc(Br)cc2c1=O. The van der Waals surface area contributed by atoms with Crippen LogP contribution in [0, 0.1) is 0 Å². The summed E-state index contributed by atoms with van der Waals surface area (Å²) in [7, 11) is 0. The molecule has 0 bridgehead atoms. The second-order valence-corrected chi connectivity index (χ2v) is 7.09. The molecule has 3 aromatic rings. The van der Waals surface area contributed by atoms with E-state index in [2.05, 4.69) is 20.9 Å². The highest BCUT2D eigenvalue weighted by Gasteiger charge is 2.10. The van der Waals surface area contributed by atoms with Gasteiger partial charge in [-0.2, -0.15) is 0 Å². The van der Waals surface area contributed by atoms with Crippen molar-refractivity contribution in [3.63, 3.8) is 0 Å². The second-order valence-electron chi connectivity index (χ2n) is 5.12. The Morgan fingerprint density at radius 1 is 1.21 bits per heavy atom. The summed E-state index contributed by atoms with van der Waals surface area (Å²) in [5, 5.41) is 1.37. The highest BCUT2D eigenvalue weighted by Crippen LogP contribution is 2.20. The van der Waals surface area contributed by atoms with Crippen molar-refractivity contribution >= 4 is 38.6 Å². The molecule has 0 aliphatic rings. The Balaban J connectivity index is 1.76. The maximum Gasteiger partial charge on any atom is 0.262 e. The third-order valence-corrected chi connectivity index (χ3v) is 4.96. The predicted octanol–water partition coefficient (Wildman–Crippen LogP) is 4.35. The quantitative estimate of drug-likeness (QED) is 0.348. The van der Waals surface area contributed by atoms with Gasteiger partial charge < -0.3 is 4.74 Å². The van der Waals surface area contributed by atoms with Gasteiger partial charge in [0.1, 0.15) is 5.75 Å². The smallest absolute Gasteiger partial charge is 0.262 e. The summed E-state index contributed by atoms with van der Waals surface area (Å²) in [5.41, 5.74) is 0.717. The van der Waals surface area contributed by atoms with E-state index in [0.717, 1.165) is 26.6 Å². The molecule has 0 amide bonds. The topological polar surface area (TPSA) is 44.1 Å². The number of ether oxygens (including phenoxy) is 1. The summed E-state index contributed by atoms with van der Waals surface area (Å²) in [6.07, 6.45) is 0. The molecule has 0 saturated carbocycles. The number of para-hydroxylation sites is 1. The van der Waals surface area contributed by atoms with Crippen LogP contribution in [0.15, 0.2) is 63.0 Å². The van der Waals surface area contributed by atoms with E-state index in [9.17, 15) is 4.79 Å². The summed E-state index contributed by atoms with van der Waals surface area (Å²) < 4.78 is 8.29. The molecule has 24 heavy (non-hydrogen) atoms. The van der Waals surface area contributed by atoms with E-state index < -0.39 is 0 Å². The summed E-state index contributed by atoms with van der Waals surface area (Å²) in [6.45, 7) is 3.11. The van der Waals surface area contributed by atoms with Crippen LogP contribution in [0.1, 0.15) is 6.92 Å². The highest BCUT2D eigenvalue weighted by molar-refractivity contribution is 9.10. The highest BCUT2D eigenvalue weighted by atomic mass is 79.9. The molecule has 0 radical (unpaired) electrons.